The predicted octanol–water partition coefficient (Wildman–Crippen LogP) is 5.21. The van der Waals surface area contributed by atoms with E-state index in [0.29, 0.717) is 35.5 Å². The van der Waals surface area contributed by atoms with Crippen molar-refractivity contribution in [1.29, 1.82) is 0 Å². The molecule has 13 heteroatoms. The zero-order valence-corrected chi connectivity index (χ0v) is 27.6. The second kappa shape index (κ2) is 13.1. The van der Waals surface area contributed by atoms with E-state index < -0.39 is 22.2 Å². The second-order valence-corrected chi connectivity index (χ2v) is 17.6. The molecule has 0 amide bonds. The predicted molar refractivity (Wildman–Crippen MR) is 174 cm³/mol. The molecule has 0 unspecified atom stereocenters. The standard InChI is InChI=1S/C30H40ClN6O4PS/c1-21(2)43(39,40)28-8-6-5-7-26(28)33-29-24(31)20-32-30(35-29)34-25-10-9-23(19-27(25)41-4)42(38)17-15-37(16-18-42)22-11-13-36(3)14-12-22/h5-10,19-22H,11-18H2,1-4H3,(H2,32,33,34,35). The summed E-state index contributed by atoms with van der Waals surface area (Å²) in [7, 11) is -2.36. The lowest BCUT2D eigenvalue weighted by molar-refractivity contribution is 0.129. The van der Waals surface area contributed by atoms with Gasteiger partial charge in [0.25, 0.3) is 0 Å². The van der Waals surface area contributed by atoms with E-state index in [0.717, 1.165) is 31.5 Å². The Morgan fingerprint density at radius 2 is 1.72 bits per heavy atom. The Morgan fingerprint density at radius 1 is 1.02 bits per heavy atom. The van der Waals surface area contributed by atoms with Gasteiger partial charge in [-0.1, -0.05) is 23.7 Å². The van der Waals surface area contributed by atoms with E-state index in [9.17, 15) is 13.0 Å². The van der Waals surface area contributed by atoms with Crippen molar-refractivity contribution >= 4 is 57.0 Å². The van der Waals surface area contributed by atoms with Gasteiger partial charge in [0, 0.05) is 36.8 Å². The molecule has 43 heavy (non-hydrogen) atoms. The lowest BCUT2D eigenvalue weighted by Gasteiger charge is -2.41. The third kappa shape index (κ3) is 7.02. The second-order valence-electron chi connectivity index (χ2n) is 11.5. The number of ether oxygens (including phenoxy) is 1. The van der Waals surface area contributed by atoms with Crippen LogP contribution in [-0.2, 0) is 14.4 Å². The first-order chi connectivity index (χ1) is 20.5. The number of hydrogen-bond acceptors (Lipinski definition) is 10. The van der Waals surface area contributed by atoms with Gasteiger partial charge in [0.05, 0.1) is 34.8 Å². The first kappa shape index (κ1) is 31.7. The molecule has 0 spiro atoms. The summed E-state index contributed by atoms with van der Waals surface area (Å²) in [5.41, 5.74) is 0.982. The summed E-state index contributed by atoms with van der Waals surface area (Å²) in [6.45, 7) is 7.22. The van der Waals surface area contributed by atoms with Gasteiger partial charge in [-0.25, -0.2) is 13.4 Å². The number of sulfone groups is 1. The van der Waals surface area contributed by atoms with Crippen molar-refractivity contribution in [3.8, 4) is 5.75 Å². The van der Waals surface area contributed by atoms with Gasteiger partial charge in [-0.2, -0.15) is 4.98 Å². The largest absolute Gasteiger partial charge is 0.495 e. The van der Waals surface area contributed by atoms with Crippen LogP contribution in [0.3, 0.4) is 0 Å². The fraction of sp³-hybridized carbons (Fsp3) is 0.467. The molecule has 3 heterocycles. The van der Waals surface area contributed by atoms with Crippen molar-refractivity contribution in [3.05, 3.63) is 53.7 Å². The molecule has 2 N–H and O–H groups in total. The molecule has 3 aromatic rings. The number of methoxy groups -OCH3 is 1. The quantitative estimate of drug-likeness (QED) is 0.300. The average Bonchev–Trinajstić information content (AvgIpc) is 3.00. The van der Waals surface area contributed by atoms with Crippen LogP contribution in [0.5, 0.6) is 5.75 Å². The van der Waals surface area contributed by atoms with Gasteiger partial charge in [0.1, 0.15) is 17.9 Å². The van der Waals surface area contributed by atoms with Crippen molar-refractivity contribution in [3.63, 3.8) is 0 Å². The van der Waals surface area contributed by atoms with Gasteiger partial charge in [-0.3, -0.25) is 4.90 Å². The van der Waals surface area contributed by atoms with Crippen molar-refractivity contribution in [2.45, 2.75) is 42.9 Å². The summed E-state index contributed by atoms with van der Waals surface area (Å²) in [6.07, 6.45) is 5.11. The molecule has 232 valence electrons. The number of para-hydroxylation sites is 1. The fourth-order valence-electron chi connectivity index (χ4n) is 5.66. The number of aromatic nitrogens is 2. The number of rotatable bonds is 9. The van der Waals surface area contributed by atoms with Crippen LogP contribution >= 0.6 is 18.7 Å². The summed E-state index contributed by atoms with van der Waals surface area (Å²) in [5, 5.41) is 6.70. The fourth-order valence-corrected chi connectivity index (χ4v) is 9.60. The number of benzene rings is 2. The zero-order chi connectivity index (χ0) is 30.8. The zero-order valence-electron chi connectivity index (χ0n) is 25.1. The first-order valence-electron chi connectivity index (χ1n) is 14.6. The van der Waals surface area contributed by atoms with Crippen LogP contribution in [-0.4, -0.2) is 92.1 Å². The molecule has 2 aliphatic heterocycles. The van der Waals surface area contributed by atoms with E-state index in [1.54, 1.807) is 45.2 Å². The van der Waals surface area contributed by atoms with Gasteiger partial charge in [-0.15, -0.1) is 0 Å². The molecule has 2 fully saturated rings. The van der Waals surface area contributed by atoms with E-state index in [-0.39, 0.29) is 21.7 Å². The number of hydrogen-bond donors (Lipinski definition) is 2. The molecule has 0 radical (unpaired) electrons. The van der Waals surface area contributed by atoms with E-state index in [1.165, 1.54) is 19.0 Å². The molecule has 2 saturated heterocycles. The highest BCUT2D eigenvalue weighted by atomic mass is 35.5. The number of piperidine rings is 1. The topological polar surface area (TPSA) is 117 Å². The number of likely N-dealkylation sites (tertiary alicyclic amines) is 1. The van der Waals surface area contributed by atoms with E-state index >= 15 is 0 Å². The smallest absolute Gasteiger partial charge is 0.229 e. The Morgan fingerprint density at radius 3 is 2.40 bits per heavy atom. The van der Waals surface area contributed by atoms with Gasteiger partial charge < -0.3 is 24.8 Å². The molecule has 1 aromatic heterocycles. The number of nitrogens with one attached hydrogen (secondary N) is 2. The van der Waals surface area contributed by atoms with Crippen LogP contribution in [0, 0.1) is 0 Å². The number of halogens is 1. The minimum absolute atomic E-state index is 0.165. The minimum atomic E-state index is -3.55. The Hall–Kier alpha value is -2.69. The van der Waals surface area contributed by atoms with Gasteiger partial charge in [0.15, 0.2) is 15.7 Å². The maximum absolute atomic E-state index is 14.0. The Labute approximate surface area is 259 Å². The molecule has 2 aromatic carbocycles. The summed E-state index contributed by atoms with van der Waals surface area (Å²) in [5.74, 6) is 1.02. The SMILES string of the molecule is COc1cc(P2(=O)CCN(C3CCN(C)CC3)CC2)ccc1Nc1ncc(Cl)c(Nc2ccccc2S(=O)(=O)C(C)C)n1. The van der Waals surface area contributed by atoms with Crippen LogP contribution in [0.2, 0.25) is 5.02 Å². The number of anilines is 4. The Bertz CT molecular complexity index is 1600. The molecule has 0 aliphatic carbocycles. The third-order valence-electron chi connectivity index (χ3n) is 8.41. The highest BCUT2D eigenvalue weighted by molar-refractivity contribution is 7.92. The van der Waals surface area contributed by atoms with Crippen molar-refractivity contribution in [1.82, 2.24) is 19.8 Å². The molecule has 10 nitrogen and oxygen atoms in total. The molecule has 0 atom stereocenters. The Kier molecular flexibility index (Phi) is 9.68. The maximum atomic E-state index is 14.0. The molecular formula is C30H40ClN6O4PS. The van der Waals surface area contributed by atoms with Crippen molar-refractivity contribution in [2.24, 2.45) is 0 Å². The van der Waals surface area contributed by atoms with Crippen LogP contribution in [0.4, 0.5) is 23.1 Å². The van der Waals surface area contributed by atoms with Crippen molar-refractivity contribution in [2.75, 3.05) is 63.3 Å². The van der Waals surface area contributed by atoms with Crippen molar-refractivity contribution < 1.29 is 17.7 Å². The summed E-state index contributed by atoms with van der Waals surface area (Å²) < 4.78 is 45.6. The minimum Gasteiger partial charge on any atom is -0.495 e. The first-order valence-corrected chi connectivity index (χ1v) is 18.6. The summed E-state index contributed by atoms with van der Waals surface area (Å²) in [4.78, 5) is 13.9. The van der Waals surface area contributed by atoms with E-state index in [1.807, 2.05) is 18.2 Å². The van der Waals surface area contributed by atoms with Crippen LogP contribution < -0.4 is 20.7 Å². The lowest BCUT2D eigenvalue weighted by atomic mass is 10.0. The highest BCUT2D eigenvalue weighted by Gasteiger charge is 2.34. The lowest BCUT2D eigenvalue weighted by Crippen LogP contribution is -2.48. The normalized spacial score (nSPS) is 18.5. The van der Waals surface area contributed by atoms with Gasteiger partial charge in [-0.05, 0) is 77.2 Å². The molecular weight excluding hydrogens is 607 g/mol. The maximum Gasteiger partial charge on any atom is 0.229 e. The van der Waals surface area contributed by atoms with Crippen LogP contribution in [0.25, 0.3) is 0 Å². The highest BCUT2D eigenvalue weighted by Crippen LogP contribution is 2.48. The third-order valence-corrected chi connectivity index (χ3v) is 14.0. The monoisotopic (exact) mass is 646 g/mol. The molecule has 0 saturated carbocycles. The number of nitrogens with zero attached hydrogens (tertiary/aromatic N) is 4. The molecule has 0 bridgehead atoms. The summed E-state index contributed by atoms with van der Waals surface area (Å²) in [6, 6.07) is 12.8. The summed E-state index contributed by atoms with van der Waals surface area (Å²) >= 11 is 6.40. The molecule has 5 rings (SSSR count). The molecule has 2 aliphatic rings. The van der Waals surface area contributed by atoms with E-state index in [4.69, 9.17) is 16.3 Å². The van der Waals surface area contributed by atoms with Crippen LogP contribution in [0.1, 0.15) is 26.7 Å². The van der Waals surface area contributed by atoms with E-state index in [2.05, 4.69) is 37.4 Å². The van der Waals surface area contributed by atoms with Gasteiger partial charge in [0.2, 0.25) is 5.95 Å². The van der Waals surface area contributed by atoms with Gasteiger partial charge >= 0.3 is 0 Å². The Balaban J connectivity index is 1.32. The average molecular weight is 647 g/mol. The van der Waals surface area contributed by atoms with Crippen LogP contribution in [0.15, 0.2) is 53.6 Å².